The molecule has 2 N–H and O–H groups in total. The number of benzene rings is 1. The van der Waals surface area contributed by atoms with Crippen molar-refractivity contribution in [2.45, 2.75) is 33.3 Å². The number of hydrogen-bond donors (Lipinski definition) is 2. The standard InChI is InChI=1S/C20H24N2O3/c1-13-9-14(2)21-19(24)18(13)20(25)22-8-7-17(11-22)10-15-3-5-16(12-23)6-4-15/h3-6,9,17,23H,7-8,10-12H2,1-2H3,(H,21,24)/t17-/m0/s1. The number of aliphatic hydroxyl groups excluding tert-OH is 1. The summed E-state index contributed by atoms with van der Waals surface area (Å²) >= 11 is 0. The van der Waals surface area contributed by atoms with E-state index < -0.39 is 0 Å². The topological polar surface area (TPSA) is 73.4 Å². The first-order valence-electron chi connectivity index (χ1n) is 8.66. The average molecular weight is 340 g/mol. The first-order valence-corrected chi connectivity index (χ1v) is 8.66. The minimum absolute atomic E-state index is 0.0520. The maximum absolute atomic E-state index is 12.8. The van der Waals surface area contributed by atoms with E-state index in [2.05, 4.69) is 4.98 Å². The van der Waals surface area contributed by atoms with Crippen molar-refractivity contribution in [3.05, 3.63) is 68.6 Å². The van der Waals surface area contributed by atoms with Crippen molar-refractivity contribution in [3.8, 4) is 0 Å². The van der Waals surface area contributed by atoms with Gasteiger partial charge in [0.15, 0.2) is 0 Å². The summed E-state index contributed by atoms with van der Waals surface area (Å²) in [5.41, 5.74) is 3.57. The number of H-pyrrole nitrogens is 1. The summed E-state index contributed by atoms with van der Waals surface area (Å²) in [5.74, 6) is 0.227. The summed E-state index contributed by atoms with van der Waals surface area (Å²) in [6.07, 6.45) is 1.84. The molecule has 0 unspecified atom stereocenters. The highest BCUT2D eigenvalue weighted by Gasteiger charge is 2.29. The maximum Gasteiger partial charge on any atom is 0.261 e. The quantitative estimate of drug-likeness (QED) is 0.896. The van der Waals surface area contributed by atoms with E-state index in [0.717, 1.165) is 29.7 Å². The van der Waals surface area contributed by atoms with E-state index in [0.29, 0.717) is 19.0 Å². The number of aromatic amines is 1. The molecule has 1 aliphatic heterocycles. The molecule has 1 aromatic carbocycles. The number of carbonyl (C=O) groups is 1. The van der Waals surface area contributed by atoms with Crippen molar-refractivity contribution in [1.29, 1.82) is 0 Å². The predicted molar refractivity (Wildman–Crippen MR) is 96.6 cm³/mol. The van der Waals surface area contributed by atoms with Crippen LogP contribution < -0.4 is 5.56 Å². The number of nitrogens with one attached hydrogen (secondary N) is 1. The van der Waals surface area contributed by atoms with Crippen LogP contribution in [0.25, 0.3) is 0 Å². The molecular formula is C20H24N2O3. The van der Waals surface area contributed by atoms with E-state index in [4.69, 9.17) is 5.11 Å². The fourth-order valence-electron chi connectivity index (χ4n) is 3.58. The lowest BCUT2D eigenvalue weighted by atomic mass is 9.98. The Hall–Kier alpha value is -2.40. The van der Waals surface area contributed by atoms with Gasteiger partial charge in [0.1, 0.15) is 5.56 Å². The van der Waals surface area contributed by atoms with Gasteiger partial charge in [-0.05, 0) is 55.4 Å². The monoisotopic (exact) mass is 340 g/mol. The molecule has 1 saturated heterocycles. The number of aromatic nitrogens is 1. The van der Waals surface area contributed by atoms with Crippen LogP contribution >= 0.6 is 0 Å². The Morgan fingerprint density at radius 2 is 1.92 bits per heavy atom. The lowest BCUT2D eigenvalue weighted by molar-refractivity contribution is 0.0784. The number of amides is 1. The first-order chi connectivity index (χ1) is 12.0. The zero-order valence-corrected chi connectivity index (χ0v) is 14.7. The second-order valence-corrected chi connectivity index (χ2v) is 6.92. The minimum atomic E-state index is -0.300. The Kier molecular flexibility index (Phi) is 5.04. The van der Waals surface area contributed by atoms with Gasteiger partial charge in [-0.15, -0.1) is 0 Å². The third kappa shape index (κ3) is 3.82. The predicted octanol–water partition coefficient (Wildman–Crippen LogP) is 2.19. The number of carbonyl (C=O) groups excluding carboxylic acids is 1. The molecule has 5 nitrogen and oxygen atoms in total. The highest BCUT2D eigenvalue weighted by atomic mass is 16.3. The van der Waals surface area contributed by atoms with Crippen molar-refractivity contribution >= 4 is 5.91 Å². The summed E-state index contributed by atoms with van der Waals surface area (Å²) < 4.78 is 0. The molecule has 0 radical (unpaired) electrons. The van der Waals surface area contributed by atoms with Gasteiger partial charge in [-0.1, -0.05) is 24.3 Å². The molecule has 132 valence electrons. The largest absolute Gasteiger partial charge is 0.392 e. The van der Waals surface area contributed by atoms with Gasteiger partial charge in [0.2, 0.25) is 0 Å². The van der Waals surface area contributed by atoms with Crippen molar-refractivity contribution in [3.63, 3.8) is 0 Å². The molecule has 5 heteroatoms. The number of aliphatic hydroxyl groups is 1. The fraction of sp³-hybridized carbons (Fsp3) is 0.400. The number of hydrogen-bond acceptors (Lipinski definition) is 3. The normalized spacial score (nSPS) is 17.1. The van der Waals surface area contributed by atoms with E-state index in [1.165, 1.54) is 5.56 Å². The molecule has 1 atom stereocenters. The van der Waals surface area contributed by atoms with Gasteiger partial charge in [0.05, 0.1) is 6.61 Å². The molecule has 1 fully saturated rings. The van der Waals surface area contributed by atoms with Crippen LogP contribution in [0.2, 0.25) is 0 Å². The second kappa shape index (κ2) is 7.23. The van der Waals surface area contributed by atoms with Crippen LogP contribution in [-0.2, 0) is 13.0 Å². The SMILES string of the molecule is Cc1cc(C)c(C(=O)N2CC[C@@H](Cc3ccc(CO)cc3)C2)c(=O)[nH]1. The highest BCUT2D eigenvalue weighted by molar-refractivity contribution is 5.95. The Labute approximate surface area is 147 Å². The van der Waals surface area contributed by atoms with E-state index in [9.17, 15) is 9.59 Å². The van der Waals surface area contributed by atoms with E-state index in [1.54, 1.807) is 4.90 Å². The summed E-state index contributed by atoms with van der Waals surface area (Å²) in [5, 5.41) is 9.11. The van der Waals surface area contributed by atoms with E-state index in [1.807, 2.05) is 44.2 Å². The van der Waals surface area contributed by atoms with Crippen molar-refractivity contribution in [2.75, 3.05) is 13.1 Å². The van der Waals surface area contributed by atoms with Crippen molar-refractivity contribution in [1.82, 2.24) is 9.88 Å². The zero-order chi connectivity index (χ0) is 18.0. The van der Waals surface area contributed by atoms with Crippen LogP contribution in [0.1, 0.15) is 39.2 Å². The number of rotatable bonds is 4. The Morgan fingerprint density at radius 3 is 2.56 bits per heavy atom. The third-order valence-corrected chi connectivity index (χ3v) is 4.88. The molecule has 1 aliphatic rings. The van der Waals surface area contributed by atoms with Gasteiger partial charge >= 0.3 is 0 Å². The van der Waals surface area contributed by atoms with Gasteiger partial charge in [0.25, 0.3) is 11.5 Å². The molecule has 1 aromatic heterocycles. The highest BCUT2D eigenvalue weighted by Crippen LogP contribution is 2.23. The summed E-state index contributed by atoms with van der Waals surface area (Å²) in [7, 11) is 0. The van der Waals surface area contributed by atoms with Gasteiger partial charge in [0, 0.05) is 18.8 Å². The third-order valence-electron chi connectivity index (χ3n) is 4.88. The van der Waals surface area contributed by atoms with Crippen molar-refractivity contribution in [2.24, 2.45) is 5.92 Å². The van der Waals surface area contributed by atoms with Gasteiger partial charge in [-0.25, -0.2) is 0 Å². The number of likely N-dealkylation sites (tertiary alicyclic amines) is 1. The van der Waals surface area contributed by atoms with Crippen LogP contribution in [0, 0.1) is 19.8 Å². The van der Waals surface area contributed by atoms with Crippen LogP contribution in [0.3, 0.4) is 0 Å². The molecule has 25 heavy (non-hydrogen) atoms. The number of nitrogens with zero attached hydrogens (tertiary/aromatic N) is 1. The average Bonchev–Trinajstić information content (AvgIpc) is 3.03. The first kappa shape index (κ1) is 17.4. The summed E-state index contributed by atoms with van der Waals surface area (Å²) in [4.78, 5) is 29.4. The Morgan fingerprint density at radius 1 is 1.24 bits per heavy atom. The molecule has 2 aromatic rings. The Bertz CT molecular complexity index is 824. The van der Waals surface area contributed by atoms with E-state index in [-0.39, 0.29) is 23.6 Å². The van der Waals surface area contributed by atoms with Gasteiger partial charge < -0.3 is 15.0 Å². The summed E-state index contributed by atoms with van der Waals surface area (Å²) in [6, 6.07) is 9.77. The van der Waals surface area contributed by atoms with Crippen LogP contribution in [0.15, 0.2) is 35.1 Å². The van der Waals surface area contributed by atoms with Gasteiger partial charge in [-0.3, -0.25) is 9.59 Å². The zero-order valence-electron chi connectivity index (χ0n) is 14.7. The molecule has 0 aliphatic carbocycles. The molecule has 2 heterocycles. The van der Waals surface area contributed by atoms with Crippen LogP contribution in [0.5, 0.6) is 0 Å². The molecule has 3 rings (SSSR count). The van der Waals surface area contributed by atoms with Gasteiger partial charge in [-0.2, -0.15) is 0 Å². The molecular weight excluding hydrogens is 316 g/mol. The lowest BCUT2D eigenvalue weighted by Crippen LogP contribution is -2.34. The molecule has 0 bridgehead atoms. The lowest BCUT2D eigenvalue weighted by Gasteiger charge is -2.17. The van der Waals surface area contributed by atoms with E-state index >= 15 is 0 Å². The molecule has 0 saturated carbocycles. The Balaban J connectivity index is 1.68. The maximum atomic E-state index is 12.8. The fourth-order valence-corrected chi connectivity index (χ4v) is 3.58. The second-order valence-electron chi connectivity index (χ2n) is 6.92. The van der Waals surface area contributed by atoms with Crippen LogP contribution in [-0.4, -0.2) is 34.0 Å². The smallest absolute Gasteiger partial charge is 0.261 e. The minimum Gasteiger partial charge on any atom is -0.392 e. The van der Waals surface area contributed by atoms with Crippen LogP contribution in [0.4, 0.5) is 0 Å². The van der Waals surface area contributed by atoms with Crippen molar-refractivity contribution < 1.29 is 9.90 Å². The molecule has 1 amide bonds. The number of aryl methyl sites for hydroxylation is 2. The molecule has 0 spiro atoms. The number of pyridine rings is 1. The summed E-state index contributed by atoms with van der Waals surface area (Å²) in [6.45, 7) is 5.04.